The molecule has 0 saturated heterocycles. The van der Waals surface area contributed by atoms with Crippen molar-refractivity contribution in [1.82, 2.24) is 19.3 Å². The smallest absolute Gasteiger partial charge is 0.294 e. The Morgan fingerprint density at radius 3 is 2.86 bits per heavy atom. The predicted octanol–water partition coefficient (Wildman–Crippen LogP) is 3.20. The lowest BCUT2D eigenvalue weighted by Gasteiger charge is -1.99. The second kappa shape index (κ2) is 7.14. The number of hydrogen-bond acceptors (Lipinski definition) is 7. The fraction of sp³-hybridized carbons (Fsp3) is 0.143. The van der Waals surface area contributed by atoms with Gasteiger partial charge in [0.05, 0.1) is 5.69 Å². The molecule has 0 spiro atoms. The standard InChI is InChI=1S/C14H12N4OS2/c1-2-4-11(5-3-1)9-20-13-17-14(21-18-13)19-8-12-6-7-15-10-16-12/h1-7,10H,8-9H2. The highest BCUT2D eigenvalue weighted by Gasteiger charge is 2.06. The Kier molecular flexibility index (Phi) is 4.75. The monoisotopic (exact) mass is 316 g/mol. The molecule has 0 amide bonds. The highest BCUT2D eigenvalue weighted by atomic mass is 32.2. The van der Waals surface area contributed by atoms with E-state index in [-0.39, 0.29) is 0 Å². The van der Waals surface area contributed by atoms with Gasteiger partial charge in [-0.25, -0.2) is 9.97 Å². The highest BCUT2D eigenvalue weighted by Crippen LogP contribution is 2.25. The molecular formula is C14H12N4OS2. The summed E-state index contributed by atoms with van der Waals surface area (Å²) in [6.07, 6.45) is 3.19. The van der Waals surface area contributed by atoms with Crippen molar-refractivity contribution in [3.63, 3.8) is 0 Å². The molecule has 0 radical (unpaired) electrons. The van der Waals surface area contributed by atoms with Gasteiger partial charge < -0.3 is 4.74 Å². The van der Waals surface area contributed by atoms with Crippen molar-refractivity contribution in [3.05, 3.63) is 60.2 Å². The quantitative estimate of drug-likeness (QED) is 0.651. The number of ether oxygens (including phenoxy) is 1. The fourth-order valence-corrected chi connectivity index (χ4v) is 3.03. The molecule has 3 rings (SSSR count). The van der Waals surface area contributed by atoms with Crippen LogP contribution in [-0.2, 0) is 12.4 Å². The molecule has 0 fully saturated rings. The average molecular weight is 316 g/mol. The number of hydrogen-bond donors (Lipinski definition) is 0. The number of rotatable bonds is 6. The zero-order valence-corrected chi connectivity index (χ0v) is 12.7. The molecule has 0 bridgehead atoms. The first-order valence-electron chi connectivity index (χ1n) is 6.28. The van der Waals surface area contributed by atoms with Crippen molar-refractivity contribution in [2.45, 2.75) is 17.5 Å². The molecule has 106 valence electrons. The third kappa shape index (κ3) is 4.24. The first-order chi connectivity index (χ1) is 10.4. The van der Waals surface area contributed by atoms with E-state index in [0.717, 1.165) is 16.6 Å². The molecule has 0 saturated carbocycles. The summed E-state index contributed by atoms with van der Waals surface area (Å²) in [5.74, 6) is 0.850. The van der Waals surface area contributed by atoms with E-state index in [2.05, 4.69) is 31.5 Å². The minimum atomic E-state index is 0.376. The maximum Gasteiger partial charge on any atom is 0.294 e. The second-order valence-electron chi connectivity index (χ2n) is 4.11. The molecule has 0 N–H and O–H groups in total. The van der Waals surface area contributed by atoms with Crippen LogP contribution in [0.2, 0.25) is 0 Å². The molecule has 2 heterocycles. The maximum atomic E-state index is 5.57. The summed E-state index contributed by atoms with van der Waals surface area (Å²) in [7, 11) is 0. The minimum absolute atomic E-state index is 0.376. The molecular weight excluding hydrogens is 304 g/mol. The number of benzene rings is 1. The molecule has 7 heteroatoms. The van der Waals surface area contributed by atoms with E-state index in [9.17, 15) is 0 Å². The molecule has 0 aliphatic heterocycles. The van der Waals surface area contributed by atoms with Crippen LogP contribution in [0.4, 0.5) is 0 Å². The van der Waals surface area contributed by atoms with Crippen LogP contribution >= 0.6 is 23.3 Å². The SMILES string of the molecule is c1ccc(CSc2nsc(OCc3ccncn3)n2)cc1. The van der Waals surface area contributed by atoms with Crippen LogP contribution in [0.3, 0.4) is 0 Å². The number of aromatic nitrogens is 4. The van der Waals surface area contributed by atoms with E-state index in [1.165, 1.54) is 23.4 Å². The Bertz CT molecular complexity index is 618. The van der Waals surface area contributed by atoms with Gasteiger partial charge in [-0.1, -0.05) is 42.1 Å². The highest BCUT2D eigenvalue weighted by molar-refractivity contribution is 7.98. The van der Waals surface area contributed by atoms with E-state index in [4.69, 9.17) is 4.74 Å². The van der Waals surface area contributed by atoms with Crippen molar-refractivity contribution in [2.75, 3.05) is 0 Å². The van der Waals surface area contributed by atoms with Gasteiger partial charge in [0.1, 0.15) is 12.9 Å². The normalized spacial score (nSPS) is 10.5. The van der Waals surface area contributed by atoms with Crippen molar-refractivity contribution in [2.24, 2.45) is 0 Å². The van der Waals surface area contributed by atoms with Gasteiger partial charge in [0.2, 0.25) is 5.16 Å². The fourth-order valence-electron chi connectivity index (χ4n) is 1.58. The summed E-state index contributed by atoms with van der Waals surface area (Å²) in [5.41, 5.74) is 2.07. The molecule has 21 heavy (non-hydrogen) atoms. The van der Waals surface area contributed by atoms with Crippen LogP contribution in [0.1, 0.15) is 11.3 Å². The van der Waals surface area contributed by atoms with Crippen LogP contribution in [0, 0.1) is 0 Å². The lowest BCUT2D eigenvalue weighted by molar-refractivity contribution is 0.298. The maximum absolute atomic E-state index is 5.57. The van der Waals surface area contributed by atoms with Crippen LogP contribution in [0.25, 0.3) is 0 Å². The molecule has 1 aromatic carbocycles. The average Bonchev–Trinajstić information content (AvgIpc) is 3.01. The van der Waals surface area contributed by atoms with E-state index < -0.39 is 0 Å². The van der Waals surface area contributed by atoms with Gasteiger partial charge in [0.25, 0.3) is 5.19 Å². The Hall–Kier alpha value is -1.99. The molecule has 3 aromatic rings. The zero-order valence-electron chi connectivity index (χ0n) is 11.0. The summed E-state index contributed by atoms with van der Waals surface area (Å²) in [4.78, 5) is 12.3. The van der Waals surface area contributed by atoms with Crippen LogP contribution in [-0.4, -0.2) is 19.3 Å². The van der Waals surface area contributed by atoms with Gasteiger partial charge in [-0.2, -0.15) is 9.36 Å². The summed E-state index contributed by atoms with van der Waals surface area (Å²) in [6, 6.07) is 12.1. The van der Waals surface area contributed by atoms with Crippen molar-refractivity contribution >= 4 is 23.3 Å². The van der Waals surface area contributed by atoms with Crippen LogP contribution in [0.5, 0.6) is 5.19 Å². The Balaban J connectivity index is 1.52. The summed E-state index contributed by atoms with van der Waals surface area (Å²) in [5, 5.41) is 1.30. The molecule has 0 unspecified atom stereocenters. The lowest BCUT2D eigenvalue weighted by atomic mass is 10.2. The van der Waals surface area contributed by atoms with Crippen LogP contribution < -0.4 is 4.74 Å². The van der Waals surface area contributed by atoms with E-state index >= 15 is 0 Å². The molecule has 2 aromatic heterocycles. The summed E-state index contributed by atoms with van der Waals surface area (Å²) in [6.45, 7) is 0.376. The van der Waals surface area contributed by atoms with Crippen LogP contribution in [0.15, 0.2) is 54.1 Å². The van der Waals surface area contributed by atoms with Crippen molar-refractivity contribution < 1.29 is 4.74 Å². The molecule has 5 nitrogen and oxygen atoms in total. The zero-order chi connectivity index (χ0) is 14.3. The Morgan fingerprint density at radius 1 is 1.14 bits per heavy atom. The Morgan fingerprint density at radius 2 is 2.05 bits per heavy atom. The van der Waals surface area contributed by atoms with Gasteiger partial charge in [-0.3, -0.25) is 0 Å². The molecule has 0 atom stereocenters. The topological polar surface area (TPSA) is 60.8 Å². The van der Waals surface area contributed by atoms with Gasteiger partial charge >= 0.3 is 0 Å². The van der Waals surface area contributed by atoms with Crippen molar-refractivity contribution in [3.8, 4) is 5.19 Å². The number of thioether (sulfide) groups is 1. The third-order valence-corrected chi connectivity index (χ3v) is 4.25. The van der Waals surface area contributed by atoms with Gasteiger partial charge in [-0.15, -0.1) is 0 Å². The summed E-state index contributed by atoms with van der Waals surface area (Å²) < 4.78 is 9.85. The third-order valence-electron chi connectivity index (χ3n) is 2.59. The van der Waals surface area contributed by atoms with Gasteiger partial charge in [0, 0.05) is 23.5 Å². The van der Waals surface area contributed by atoms with E-state index in [0.29, 0.717) is 11.8 Å². The van der Waals surface area contributed by atoms with Gasteiger partial charge in [0.15, 0.2) is 0 Å². The predicted molar refractivity (Wildman–Crippen MR) is 82.3 cm³/mol. The first-order valence-corrected chi connectivity index (χ1v) is 8.04. The lowest BCUT2D eigenvalue weighted by Crippen LogP contribution is -1.97. The van der Waals surface area contributed by atoms with Crippen molar-refractivity contribution in [1.29, 1.82) is 0 Å². The molecule has 0 aliphatic rings. The summed E-state index contributed by atoms with van der Waals surface area (Å²) >= 11 is 2.85. The second-order valence-corrected chi connectivity index (χ2v) is 5.76. The minimum Gasteiger partial charge on any atom is -0.462 e. The first kappa shape index (κ1) is 14.0. The Labute approximate surface area is 130 Å². The largest absolute Gasteiger partial charge is 0.462 e. The number of nitrogens with zero attached hydrogens (tertiary/aromatic N) is 4. The van der Waals surface area contributed by atoms with E-state index in [1.54, 1.807) is 18.0 Å². The molecule has 0 aliphatic carbocycles. The van der Waals surface area contributed by atoms with E-state index in [1.807, 2.05) is 24.3 Å². The van der Waals surface area contributed by atoms with Gasteiger partial charge in [-0.05, 0) is 11.6 Å².